The molecule has 0 aliphatic carbocycles. The van der Waals surface area contributed by atoms with E-state index in [4.69, 9.17) is 0 Å². The molecular weight excluding hydrogens is 408 g/mol. The second-order valence-corrected chi connectivity index (χ2v) is 5.39. The maximum atomic E-state index is 12.3. The monoisotopic (exact) mass is 421 g/mol. The number of hydrogen-bond donors (Lipinski definition) is 0. The van der Waals surface area contributed by atoms with Crippen LogP contribution in [-0.4, -0.2) is 38.1 Å². The van der Waals surface area contributed by atoms with Gasteiger partial charge in [-0.1, -0.05) is 0 Å². The van der Waals surface area contributed by atoms with Gasteiger partial charge in [-0.15, -0.1) is 26.3 Å². The number of halogens is 6. The molecule has 0 unspecified atom stereocenters. The van der Waals surface area contributed by atoms with Gasteiger partial charge in [0, 0.05) is 11.1 Å². The first-order valence-corrected chi connectivity index (χ1v) is 7.80. The average Bonchev–Trinajstić information content (AvgIpc) is 2.61. The third kappa shape index (κ3) is 7.35. The maximum absolute atomic E-state index is 12.3. The van der Waals surface area contributed by atoms with Crippen molar-refractivity contribution in [1.82, 2.24) is 0 Å². The van der Waals surface area contributed by atoms with E-state index >= 15 is 0 Å². The number of rotatable bonds is 6. The number of hydrogen-bond acceptors (Lipinski definition) is 5. The highest BCUT2D eigenvalue weighted by atomic mass is 19.4. The van der Waals surface area contributed by atoms with Crippen molar-refractivity contribution in [2.75, 3.05) is 13.7 Å². The molecule has 11 heteroatoms. The minimum Gasteiger partial charge on any atom is -0.468 e. The van der Waals surface area contributed by atoms with E-state index in [9.17, 15) is 31.1 Å². The Kier molecular flexibility index (Phi) is 6.72. The van der Waals surface area contributed by atoms with Crippen LogP contribution < -0.4 is 9.47 Å². The van der Waals surface area contributed by atoms with Gasteiger partial charge in [-0.2, -0.15) is 0 Å². The first-order chi connectivity index (χ1) is 13.5. The summed E-state index contributed by atoms with van der Waals surface area (Å²) in [6, 6.07) is 9.20. The minimum atomic E-state index is -4.86. The SMILES string of the molecule is COC(=O)CN=C(c1ccc(OC(F)(F)F)cc1)c1ccc(OC(F)(F)F)cc1. The normalized spacial score (nSPS) is 11.6. The number of carbonyl (C=O) groups excluding carboxylic acids is 1. The maximum Gasteiger partial charge on any atom is 0.573 e. The predicted molar refractivity (Wildman–Crippen MR) is 88.8 cm³/mol. The molecule has 0 aliphatic heterocycles. The largest absolute Gasteiger partial charge is 0.573 e. The lowest BCUT2D eigenvalue weighted by Gasteiger charge is -2.12. The van der Waals surface area contributed by atoms with Gasteiger partial charge >= 0.3 is 18.7 Å². The number of ether oxygens (including phenoxy) is 3. The van der Waals surface area contributed by atoms with Crippen LogP contribution >= 0.6 is 0 Å². The van der Waals surface area contributed by atoms with E-state index < -0.39 is 36.7 Å². The van der Waals surface area contributed by atoms with Crippen LogP contribution in [0, 0.1) is 0 Å². The third-order valence-electron chi connectivity index (χ3n) is 3.32. The molecule has 2 rings (SSSR count). The lowest BCUT2D eigenvalue weighted by atomic mass is 10.0. The molecule has 5 nitrogen and oxygen atoms in total. The van der Waals surface area contributed by atoms with E-state index in [2.05, 4.69) is 19.2 Å². The van der Waals surface area contributed by atoms with Gasteiger partial charge in [0.05, 0.1) is 12.8 Å². The summed E-state index contributed by atoms with van der Waals surface area (Å²) in [5.74, 6) is -1.62. The molecule has 0 amide bonds. The van der Waals surface area contributed by atoms with E-state index in [1.807, 2.05) is 0 Å². The highest BCUT2D eigenvalue weighted by Crippen LogP contribution is 2.26. The van der Waals surface area contributed by atoms with E-state index in [-0.39, 0.29) is 5.71 Å². The first-order valence-electron chi connectivity index (χ1n) is 7.80. The smallest absolute Gasteiger partial charge is 0.468 e. The van der Waals surface area contributed by atoms with Crippen molar-refractivity contribution in [2.45, 2.75) is 12.7 Å². The Bertz CT molecular complexity index is 796. The van der Waals surface area contributed by atoms with Crippen molar-refractivity contribution in [3.05, 3.63) is 59.7 Å². The van der Waals surface area contributed by atoms with Gasteiger partial charge in [0.25, 0.3) is 0 Å². The molecule has 0 spiro atoms. The summed E-state index contributed by atoms with van der Waals surface area (Å²) < 4.78 is 85.7. The molecule has 156 valence electrons. The Labute approximate surface area is 160 Å². The summed E-state index contributed by atoms with van der Waals surface area (Å²) >= 11 is 0. The van der Waals surface area contributed by atoms with E-state index in [1.54, 1.807) is 0 Å². The molecule has 2 aromatic rings. The molecule has 0 saturated carbocycles. The van der Waals surface area contributed by atoms with Crippen LogP contribution in [0.25, 0.3) is 0 Å². The first kappa shape index (κ1) is 22.1. The van der Waals surface area contributed by atoms with E-state index in [0.717, 1.165) is 31.4 Å². The number of methoxy groups -OCH3 is 1. The number of esters is 1. The fraction of sp³-hybridized carbons (Fsp3) is 0.222. The molecule has 0 radical (unpaired) electrons. The Morgan fingerprint density at radius 2 is 1.17 bits per heavy atom. The topological polar surface area (TPSA) is 57.1 Å². The Hall–Kier alpha value is -3.24. The van der Waals surface area contributed by atoms with E-state index in [0.29, 0.717) is 11.1 Å². The van der Waals surface area contributed by atoms with Crippen molar-refractivity contribution in [2.24, 2.45) is 4.99 Å². The summed E-state index contributed by atoms with van der Waals surface area (Å²) in [6.45, 7) is -0.409. The van der Waals surface area contributed by atoms with Gasteiger partial charge in [-0.3, -0.25) is 9.79 Å². The van der Waals surface area contributed by atoms with Crippen molar-refractivity contribution in [3.8, 4) is 11.5 Å². The predicted octanol–water partition coefficient (Wildman–Crippen LogP) is 4.49. The van der Waals surface area contributed by atoms with Gasteiger partial charge in [-0.25, -0.2) is 0 Å². The lowest BCUT2D eigenvalue weighted by molar-refractivity contribution is -0.275. The van der Waals surface area contributed by atoms with Gasteiger partial charge in [0.1, 0.15) is 18.0 Å². The summed E-state index contributed by atoms with van der Waals surface area (Å²) in [4.78, 5) is 15.4. The van der Waals surface area contributed by atoms with Crippen LogP contribution in [0.1, 0.15) is 11.1 Å². The Morgan fingerprint density at radius 3 is 1.48 bits per heavy atom. The zero-order valence-corrected chi connectivity index (χ0v) is 14.7. The highest BCUT2D eigenvalue weighted by Gasteiger charge is 2.31. The van der Waals surface area contributed by atoms with Crippen molar-refractivity contribution >= 4 is 11.7 Å². The molecule has 2 aromatic carbocycles. The van der Waals surface area contributed by atoms with Crippen LogP contribution in [0.2, 0.25) is 0 Å². The minimum absolute atomic E-state index is 0.146. The zero-order valence-electron chi connectivity index (χ0n) is 14.7. The third-order valence-corrected chi connectivity index (χ3v) is 3.32. The molecule has 29 heavy (non-hydrogen) atoms. The van der Waals surface area contributed by atoms with Crippen LogP contribution in [0.5, 0.6) is 11.5 Å². The molecule has 0 aliphatic rings. The van der Waals surface area contributed by atoms with Crippen LogP contribution in [0.15, 0.2) is 53.5 Å². The molecule has 0 bridgehead atoms. The van der Waals surface area contributed by atoms with Crippen molar-refractivity contribution in [1.29, 1.82) is 0 Å². The summed E-state index contributed by atoms with van der Waals surface area (Å²) in [5, 5.41) is 0. The number of alkyl halides is 6. The highest BCUT2D eigenvalue weighted by molar-refractivity contribution is 6.13. The average molecular weight is 421 g/mol. The summed E-state index contributed by atoms with van der Waals surface area (Å²) in [7, 11) is 1.14. The second-order valence-electron chi connectivity index (χ2n) is 5.39. The fourth-order valence-electron chi connectivity index (χ4n) is 2.19. The Morgan fingerprint density at radius 1 is 0.793 bits per heavy atom. The fourth-order valence-corrected chi connectivity index (χ4v) is 2.19. The molecule has 0 heterocycles. The van der Waals surface area contributed by atoms with Crippen molar-refractivity contribution in [3.63, 3.8) is 0 Å². The second kappa shape index (κ2) is 8.84. The number of nitrogens with zero attached hydrogens (tertiary/aromatic N) is 1. The summed E-state index contributed by atoms with van der Waals surface area (Å²) in [5.41, 5.74) is 0.744. The number of aliphatic imine (C=N–C) groups is 1. The molecule has 0 N–H and O–H groups in total. The van der Waals surface area contributed by atoms with Gasteiger partial charge in [-0.05, 0) is 48.5 Å². The molecular formula is C18H13F6NO4. The lowest BCUT2D eigenvalue weighted by Crippen LogP contribution is -2.17. The standard InChI is InChI=1S/C18H13F6NO4/c1-27-15(26)10-25-16(11-2-6-13(7-3-11)28-17(19,20)21)12-4-8-14(9-5-12)29-18(22,23)24/h2-9H,10H2,1H3. The van der Waals surface area contributed by atoms with Crippen LogP contribution in [0.3, 0.4) is 0 Å². The zero-order chi connectivity index (χ0) is 21.7. The van der Waals surface area contributed by atoms with Crippen LogP contribution in [0.4, 0.5) is 26.3 Å². The summed E-state index contributed by atoms with van der Waals surface area (Å²) in [6.07, 6.45) is -9.73. The Balaban J connectivity index is 2.34. The van der Waals surface area contributed by atoms with Crippen molar-refractivity contribution < 1.29 is 45.3 Å². The van der Waals surface area contributed by atoms with Gasteiger partial charge < -0.3 is 14.2 Å². The molecule has 0 aromatic heterocycles. The molecule has 0 atom stereocenters. The van der Waals surface area contributed by atoms with Gasteiger partial charge in [0.15, 0.2) is 0 Å². The molecule has 0 fully saturated rings. The molecule has 0 saturated heterocycles. The quantitative estimate of drug-likeness (QED) is 0.392. The number of benzene rings is 2. The van der Waals surface area contributed by atoms with Gasteiger partial charge in [0.2, 0.25) is 0 Å². The van der Waals surface area contributed by atoms with Crippen LogP contribution in [-0.2, 0) is 9.53 Å². The van der Waals surface area contributed by atoms with E-state index in [1.165, 1.54) is 24.3 Å². The number of carbonyl (C=O) groups is 1.